The van der Waals surface area contributed by atoms with Crippen molar-refractivity contribution in [2.45, 2.75) is 106 Å². The number of quaternary nitrogens is 1. The highest BCUT2D eigenvalue weighted by Gasteiger charge is 2.51. The molecule has 0 aliphatic rings. The van der Waals surface area contributed by atoms with E-state index in [1.807, 2.05) is 72.1 Å². The average molecular weight is 797 g/mol. The Kier molecular flexibility index (Phi) is 19.1. The van der Waals surface area contributed by atoms with E-state index in [0.717, 1.165) is 18.4 Å². The summed E-state index contributed by atoms with van der Waals surface area (Å²) in [5.74, 6) is -0.726. The number of nitrogens with two attached hydrogens (primary N) is 1. The molecule has 2 amide bonds. The van der Waals surface area contributed by atoms with Crippen molar-refractivity contribution in [2.75, 3.05) is 52.6 Å². The first-order chi connectivity index (χ1) is 24.3. The number of thiocarbonyl (C=S) groups is 1. The third-order valence-corrected chi connectivity index (χ3v) is 14.6. The summed E-state index contributed by atoms with van der Waals surface area (Å²) in [4.78, 5) is 28.6. The Morgan fingerprint density at radius 2 is 1.49 bits per heavy atom. The number of amides is 2. The Morgan fingerprint density at radius 1 is 0.962 bits per heavy atom. The first kappa shape index (κ1) is 48.9. The van der Waals surface area contributed by atoms with E-state index in [0.29, 0.717) is 60.5 Å². The number of carbonyl (C=O) groups excluding carboxylic acids is 2. The fraction of sp³-hybridized carbons (Fsp3) is 0.750. The minimum absolute atomic E-state index is 0.0365. The minimum atomic E-state index is -4.01. The number of carbonyl (C=O) groups is 2. The van der Waals surface area contributed by atoms with Crippen LogP contribution in [0.3, 0.4) is 0 Å². The number of nitriles is 1. The van der Waals surface area contributed by atoms with Crippen molar-refractivity contribution in [3.05, 3.63) is 35.9 Å². The molecule has 0 saturated carbocycles. The quantitative estimate of drug-likeness (QED) is 0.0380. The van der Waals surface area contributed by atoms with Gasteiger partial charge in [0, 0.05) is 43.1 Å². The lowest BCUT2D eigenvalue weighted by atomic mass is 9.56. The summed E-state index contributed by atoms with van der Waals surface area (Å²) in [5.41, 5.74) is 4.39. The van der Waals surface area contributed by atoms with Crippen LogP contribution in [0.25, 0.3) is 0 Å². The number of unbranched alkanes of at least 4 members (excludes halogenated alkanes) is 1. The van der Waals surface area contributed by atoms with Crippen LogP contribution in [0.1, 0.15) is 106 Å². The van der Waals surface area contributed by atoms with Crippen LogP contribution in [0, 0.1) is 44.8 Å². The predicted octanol–water partition coefficient (Wildman–Crippen LogP) is 6.84. The topological polar surface area (TPSA) is 162 Å². The Hall–Kier alpha value is -2.08. The molecule has 0 bridgehead atoms. The maximum Gasteiger partial charge on any atom is 0.265 e. The highest BCUT2D eigenvalue weighted by atomic mass is 32.2. The zero-order valence-corrected chi connectivity index (χ0v) is 36.8. The summed E-state index contributed by atoms with van der Waals surface area (Å²) in [6, 6.07) is 12.2. The monoisotopic (exact) mass is 796 g/mol. The van der Waals surface area contributed by atoms with Gasteiger partial charge in [0.05, 0.1) is 54.0 Å². The van der Waals surface area contributed by atoms with Gasteiger partial charge in [-0.2, -0.15) is 13.7 Å². The van der Waals surface area contributed by atoms with Crippen molar-refractivity contribution < 1.29 is 27.0 Å². The van der Waals surface area contributed by atoms with Crippen LogP contribution in [-0.2, 0) is 19.7 Å². The molecule has 5 unspecified atom stereocenters. The van der Waals surface area contributed by atoms with Crippen molar-refractivity contribution in [3.63, 3.8) is 0 Å². The van der Waals surface area contributed by atoms with Crippen LogP contribution in [0.15, 0.2) is 30.3 Å². The largest absolute Gasteiger partial charge is 0.356 e. The van der Waals surface area contributed by atoms with Crippen molar-refractivity contribution in [1.82, 2.24) is 10.6 Å². The zero-order chi connectivity index (χ0) is 40.9. The molecule has 0 heterocycles. The fourth-order valence-electron chi connectivity index (χ4n) is 7.07. The second kappa shape index (κ2) is 20.7. The molecular weight excluding hydrogens is 727 g/mol. The summed E-state index contributed by atoms with van der Waals surface area (Å²) in [6.45, 7) is 20.7. The van der Waals surface area contributed by atoms with Crippen LogP contribution in [0.4, 0.5) is 0 Å². The molecule has 0 spiro atoms. The lowest BCUT2D eigenvalue weighted by Crippen LogP contribution is -2.53. The van der Waals surface area contributed by atoms with Gasteiger partial charge in [0.25, 0.3) is 10.1 Å². The first-order valence-corrected chi connectivity index (χ1v) is 21.9. The van der Waals surface area contributed by atoms with Gasteiger partial charge in [-0.25, -0.2) is 0 Å². The van der Waals surface area contributed by atoms with E-state index >= 15 is 0 Å². The van der Waals surface area contributed by atoms with Gasteiger partial charge in [0.2, 0.25) is 11.8 Å². The Bertz CT molecular complexity index is 1500. The molecule has 13 heteroatoms. The van der Waals surface area contributed by atoms with Gasteiger partial charge in [-0.3, -0.25) is 14.1 Å². The first-order valence-electron chi connectivity index (χ1n) is 19.0. The van der Waals surface area contributed by atoms with Crippen molar-refractivity contribution in [2.24, 2.45) is 39.2 Å². The van der Waals surface area contributed by atoms with Crippen LogP contribution >= 0.6 is 24.0 Å². The second-order valence-corrected chi connectivity index (χ2v) is 20.8. The number of nitrogens with one attached hydrogen (secondary N) is 2. The van der Waals surface area contributed by atoms with Crippen molar-refractivity contribution in [1.29, 1.82) is 5.26 Å². The standard InChI is InChI=1S/C40H69N5O5S3/c1-12-13-21-43-36(47)40(9,28-37(4,5)38(6,7)29-42)31(3)30(2)26-39(8,33(27-41)52-34(51)32-19-15-14-16-20-32)35(46)44-22-17-23-45(10,11)24-18-25-53(48,49)50/h14-16,19-20,30-31,33H,12-13,17-18,21-28,41H2,1-11H3,(H2-,43,44,46,47,48,49,50)/p+1. The van der Waals surface area contributed by atoms with E-state index in [9.17, 15) is 23.3 Å². The summed E-state index contributed by atoms with van der Waals surface area (Å²) in [7, 11) is -0.0151. The van der Waals surface area contributed by atoms with Gasteiger partial charge in [-0.1, -0.05) is 90.5 Å². The second-order valence-electron chi connectivity index (χ2n) is 17.3. The van der Waals surface area contributed by atoms with Crippen molar-refractivity contribution >= 4 is 50.1 Å². The van der Waals surface area contributed by atoms with E-state index in [1.54, 1.807) is 0 Å². The van der Waals surface area contributed by atoms with E-state index in [1.165, 1.54) is 11.8 Å². The summed E-state index contributed by atoms with van der Waals surface area (Å²) in [5, 5.41) is 16.1. The SMILES string of the molecule is CCCCNC(=O)C(C)(CC(C)(C)C(C)(C)C#N)C(C)C(C)CC(C)(C(=O)NCCC[N+](C)(C)CCCS(=O)(=O)O)C(CN)SC(=S)c1ccccc1. The number of hydrogen-bond donors (Lipinski definition) is 4. The molecule has 0 radical (unpaired) electrons. The molecule has 302 valence electrons. The molecular formula is C40H70N5O5S3+. The highest BCUT2D eigenvalue weighted by Crippen LogP contribution is 2.52. The molecule has 0 aromatic heterocycles. The normalized spacial score (nSPS) is 16.7. The van der Waals surface area contributed by atoms with Gasteiger partial charge < -0.3 is 20.9 Å². The molecule has 53 heavy (non-hydrogen) atoms. The van der Waals surface area contributed by atoms with E-state index in [4.69, 9.17) is 22.5 Å². The zero-order valence-electron chi connectivity index (χ0n) is 34.4. The molecule has 0 aliphatic heterocycles. The van der Waals surface area contributed by atoms with Gasteiger partial charge in [0.15, 0.2) is 0 Å². The maximum atomic E-state index is 14.5. The predicted molar refractivity (Wildman–Crippen MR) is 224 cm³/mol. The third kappa shape index (κ3) is 14.8. The van der Waals surface area contributed by atoms with Gasteiger partial charge >= 0.3 is 0 Å². The molecule has 0 fully saturated rings. The minimum Gasteiger partial charge on any atom is -0.356 e. The van der Waals surface area contributed by atoms with Crippen LogP contribution in [0.2, 0.25) is 0 Å². The Morgan fingerprint density at radius 3 is 2.00 bits per heavy atom. The molecule has 5 N–H and O–H groups in total. The van der Waals surface area contributed by atoms with Gasteiger partial charge in [0.1, 0.15) is 0 Å². The number of thioether (sulfide) groups is 1. The smallest absolute Gasteiger partial charge is 0.265 e. The Labute approximate surface area is 331 Å². The summed E-state index contributed by atoms with van der Waals surface area (Å²) in [6.07, 6.45) is 3.76. The molecule has 1 rings (SSSR count). The highest BCUT2D eigenvalue weighted by molar-refractivity contribution is 8.24. The van der Waals surface area contributed by atoms with Crippen LogP contribution < -0.4 is 16.4 Å². The van der Waals surface area contributed by atoms with Gasteiger partial charge in [-0.15, -0.1) is 11.8 Å². The van der Waals surface area contributed by atoms with Gasteiger partial charge in [-0.05, 0) is 62.8 Å². The number of nitrogens with zero attached hydrogens (tertiary/aromatic N) is 2. The molecule has 1 aromatic rings. The van der Waals surface area contributed by atoms with Crippen LogP contribution in [-0.4, -0.2) is 91.3 Å². The van der Waals surface area contributed by atoms with E-state index in [2.05, 4.69) is 51.3 Å². The third-order valence-electron chi connectivity index (χ3n) is 11.8. The van der Waals surface area contributed by atoms with E-state index in [-0.39, 0.29) is 41.2 Å². The Balaban J connectivity index is 3.47. The molecule has 0 saturated heterocycles. The molecule has 5 atom stereocenters. The number of rotatable bonds is 24. The molecule has 1 aromatic carbocycles. The van der Waals surface area contributed by atoms with E-state index < -0.39 is 31.8 Å². The number of hydrogen-bond acceptors (Lipinski definition) is 8. The number of benzene rings is 1. The molecule has 10 nitrogen and oxygen atoms in total. The average Bonchev–Trinajstić information content (AvgIpc) is 3.07. The lowest BCUT2D eigenvalue weighted by Gasteiger charge is -2.48. The molecule has 0 aliphatic carbocycles. The summed E-state index contributed by atoms with van der Waals surface area (Å²) < 4.78 is 32.7. The maximum absolute atomic E-state index is 14.5. The van der Waals surface area contributed by atoms with Crippen molar-refractivity contribution in [3.8, 4) is 6.07 Å². The van der Waals surface area contributed by atoms with Crippen LogP contribution in [0.5, 0.6) is 0 Å². The fourth-order valence-corrected chi connectivity index (χ4v) is 9.14. The summed E-state index contributed by atoms with van der Waals surface area (Å²) >= 11 is 7.32. The lowest BCUT2D eigenvalue weighted by molar-refractivity contribution is -0.890.